The molecule has 3 rings (SSSR count). The van der Waals surface area contributed by atoms with Gasteiger partial charge in [0.05, 0.1) is 5.69 Å². The molecule has 0 atom stereocenters. The predicted octanol–water partition coefficient (Wildman–Crippen LogP) is 5.60. The lowest BCUT2D eigenvalue weighted by Crippen LogP contribution is -2.10. The Hall–Kier alpha value is -1.95. The third-order valence-electron chi connectivity index (χ3n) is 3.38. The van der Waals surface area contributed by atoms with Crippen molar-refractivity contribution in [3.05, 3.63) is 70.1 Å². The molecule has 0 aliphatic heterocycles. The third-order valence-corrected chi connectivity index (χ3v) is 5.66. The summed E-state index contributed by atoms with van der Waals surface area (Å²) in [7, 11) is 0. The number of hydrogen-bond acceptors (Lipinski definition) is 4. The van der Waals surface area contributed by atoms with E-state index in [4.69, 9.17) is 17.3 Å². The molecule has 1 aromatic heterocycles. The fraction of sp³-hybridized carbons (Fsp3) is 0.0556. The number of benzene rings is 2. The van der Waals surface area contributed by atoms with Crippen LogP contribution in [0.25, 0.3) is 10.4 Å². The van der Waals surface area contributed by atoms with E-state index >= 15 is 0 Å². The summed E-state index contributed by atoms with van der Waals surface area (Å²) in [5.74, 6) is -0.438. The molecule has 6 heteroatoms. The Morgan fingerprint density at radius 1 is 1.12 bits per heavy atom. The smallest absolute Gasteiger partial charge is 0.260 e. The van der Waals surface area contributed by atoms with E-state index in [1.54, 1.807) is 0 Å². The molecule has 24 heavy (non-hydrogen) atoms. The van der Waals surface area contributed by atoms with Crippen LogP contribution in [0.5, 0.6) is 0 Å². The fourth-order valence-electron chi connectivity index (χ4n) is 2.13. The van der Waals surface area contributed by atoms with E-state index in [2.05, 4.69) is 4.72 Å². The zero-order valence-electron chi connectivity index (χ0n) is 12.9. The molecule has 3 aromatic rings. The second-order valence-electron chi connectivity index (χ2n) is 5.24. The number of carbonyl (C=O) groups excluding carboxylic acids is 1. The Bertz CT molecular complexity index is 858. The van der Waals surface area contributed by atoms with Crippen LogP contribution in [-0.2, 0) is 0 Å². The summed E-state index contributed by atoms with van der Waals surface area (Å²) in [4.78, 5) is 14.3. The first kappa shape index (κ1) is 16.9. The number of nitrogens with two attached hydrogens (primary N) is 1. The van der Waals surface area contributed by atoms with Crippen LogP contribution >= 0.6 is 34.9 Å². The van der Waals surface area contributed by atoms with E-state index in [-0.39, 0.29) is 0 Å². The highest BCUT2D eigenvalue weighted by Gasteiger charge is 2.15. The number of halogens is 1. The Morgan fingerprint density at radius 3 is 2.42 bits per heavy atom. The van der Waals surface area contributed by atoms with Crippen molar-refractivity contribution in [2.24, 2.45) is 5.73 Å². The molecule has 0 radical (unpaired) electrons. The van der Waals surface area contributed by atoms with Crippen LogP contribution in [0.2, 0.25) is 5.02 Å². The maximum Gasteiger partial charge on any atom is 0.260 e. The summed E-state index contributed by atoms with van der Waals surface area (Å²) in [6, 6.07) is 17.6. The SMILES string of the molecule is Cc1ccc(SNc2cc(-c3ccc(Cl)cc3)sc2C(N)=O)cc1. The number of nitrogens with one attached hydrogen (secondary N) is 1. The molecule has 1 heterocycles. The van der Waals surface area contributed by atoms with Gasteiger partial charge in [-0.3, -0.25) is 4.79 Å². The van der Waals surface area contributed by atoms with Crippen LogP contribution in [0.4, 0.5) is 5.69 Å². The Balaban J connectivity index is 1.85. The normalized spacial score (nSPS) is 10.6. The molecule has 3 N–H and O–H groups in total. The van der Waals surface area contributed by atoms with Crippen LogP contribution in [0.15, 0.2) is 59.5 Å². The highest BCUT2D eigenvalue weighted by molar-refractivity contribution is 8.00. The van der Waals surface area contributed by atoms with E-state index in [1.165, 1.54) is 28.8 Å². The molecular weight excluding hydrogens is 360 g/mol. The van der Waals surface area contributed by atoms with Crippen LogP contribution < -0.4 is 10.5 Å². The van der Waals surface area contributed by atoms with Crippen molar-refractivity contribution in [3.8, 4) is 10.4 Å². The lowest BCUT2D eigenvalue weighted by molar-refractivity contribution is 0.100. The van der Waals surface area contributed by atoms with E-state index in [9.17, 15) is 4.79 Å². The number of amides is 1. The molecule has 0 bridgehead atoms. The van der Waals surface area contributed by atoms with Gasteiger partial charge in [0.2, 0.25) is 0 Å². The van der Waals surface area contributed by atoms with Gasteiger partial charge in [-0.15, -0.1) is 11.3 Å². The summed E-state index contributed by atoms with van der Waals surface area (Å²) in [5.41, 5.74) is 8.45. The second-order valence-corrected chi connectivity index (χ2v) is 7.61. The van der Waals surface area contributed by atoms with Gasteiger partial charge in [-0.05, 0) is 54.8 Å². The Kier molecular flexibility index (Phi) is 5.14. The summed E-state index contributed by atoms with van der Waals surface area (Å²) in [6.45, 7) is 2.05. The first-order valence-corrected chi connectivity index (χ1v) is 9.23. The largest absolute Gasteiger partial charge is 0.365 e. The average Bonchev–Trinajstić information content (AvgIpc) is 2.99. The molecule has 3 nitrogen and oxygen atoms in total. The number of primary amides is 1. The Morgan fingerprint density at radius 2 is 1.79 bits per heavy atom. The number of hydrogen-bond donors (Lipinski definition) is 2. The minimum Gasteiger partial charge on any atom is -0.365 e. The molecule has 2 aromatic carbocycles. The van der Waals surface area contributed by atoms with E-state index in [0.29, 0.717) is 9.90 Å². The molecule has 0 aliphatic carbocycles. The third kappa shape index (κ3) is 3.93. The molecule has 1 amide bonds. The first-order chi connectivity index (χ1) is 11.5. The van der Waals surface area contributed by atoms with E-state index in [1.807, 2.05) is 61.5 Å². The maximum atomic E-state index is 11.7. The summed E-state index contributed by atoms with van der Waals surface area (Å²) >= 11 is 8.75. The van der Waals surface area contributed by atoms with Crippen molar-refractivity contribution < 1.29 is 4.79 Å². The van der Waals surface area contributed by atoms with Gasteiger partial charge >= 0.3 is 0 Å². The average molecular weight is 375 g/mol. The van der Waals surface area contributed by atoms with Gasteiger partial charge in [-0.1, -0.05) is 41.4 Å². The van der Waals surface area contributed by atoms with Gasteiger partial charge in [0, 0.05) is 14.8 Å². The lowest BCUT2D eigenvalue weighted by Gasteiger charge is -2.05. The van der Waals surface area contributed by atoms with Gasteiger partial charge in [-0.25, -0.2) is 0 Å². The standard InChI is InChI=1S/C18H15ClN2OS2/c1-11-2-8-14(9-3-11)24-21-15-10-16(23-17(15)18(20)22)12-4-6-13(19)7-5-12/h2-10,21H,1H3,(H2,20,22). The number of thiophene rings is 1. The minimum atomic E-state index is -0.438. The van der Waals surface area contributed by atoms with Gasteiger partial charge in [0.15, 0.2) is 0 Å². The van der Waals surface area contributed by atoms with Crippen LogP contribution in [0.1, 0.15) is 15.2 Å². The van der Waals surface area contributed by atoms with Crippen molar-refractivity contribution in [3.63, 3.8) is 0 Å². The number of rotatable bonds is 5. The molecule has 0 fully saturated rings. The number of carbonyl (C=O) groups is 1. The molecule has 0 spiro atoms. The summed E-state index contributed by atoms with van der Waals surface area (Å²) in [5, 5.41) is 0.679. The molecular formula is C18H15ClN2OS2. The first-order valence-electron chi connectivity index (χ1n) is 7.22. The van der Waals surface area contributed by atoms with E-state index < -0.39 is 5.91 Å². The topological polar surface area (TPSA) is 55.1 Å². The quantitative estimate of drug-likeness (QED) is 0.572. The number of aryl methyl sites for hydroxylation is 1. The summed E-state index contributed by atoms with van der Waals surface area (Å²) in [6.07, 6.45) is 0. The predicted molar refractivity (Wildman–Crippen MR) is 104 cm³/mol. The highest BCUT2D eigenvalue weighted by atomic mass is 35.5. The number of anilines is 1. The van der Waals surface area contributed by atoms with Gasteiger partial charge in [0.25, 0.3) is 5.91 Å². The minimum absolute atomic E-state index is 0.438. The molecule has 122 valence electrons. The van der Waals surface area contributed by atoms with Crippen molar-refractivity contribution in [2.75, 3.05) is 4.72 Å². The maximum absolute atomic E-state index is 11.7. The van der Waals surface area contributed by atoms with E-state index in [0.717, 1.165) is 21.0 Å². The van der Waals surface area contributed by atoms with Crippen molar-refractivity contribution in [2.45, 2.75) is 11.8 Å². The van der Waals surface area contributed by atoms with Crippen molar-refractivity contribution >= 4 is 46.5 Å². The van der Waals surface area contributed by atoms with Crippen molar-refractivity contribution in [1.29, 1.82) is 0 Å². The van der Waals surface area contributed by atoms with Gasteiger partial charge < -0.3 is 10.5 Å². The van der Waals surface area contributed by atoms with Crippen LogP contribution in [0, 0.1) is 6.92 Å². The molecule has 0 saturated heterocycles. The van der Waals surface area contributed by atoms with Gasteiger partial charge in [-0.2, -0.15) is 0 Å². The monoisotopic (exact) mass is 374 g/mol. The highest BCUT2D eigenvalue weighted by Crippen LogP contribution is 2.37. The molecule has 0 aliphatic rings. The second kappa shape index (κ2) is 7.30. The molecule has 0 unspecified atom stereocenters. The molecule has 0 saturated carbocycles. The Labute approximate surface area is 154 Å². The fourth-order valence-corrected chi connectivity index (χ4v) is 3.95. The lowest BCUT2D eigenvalue weighted by atomic mass is 10.2. The van der Waals surface area contributed by atoms with Crippen molar-refractivity contribution in [1.82, 2.24) is 0 Å². The zero-order chi connectivity index (χ0) is 17.1. The van der Waals surface area contributed by atoms with Crippen LogP contribution in [0.3, 0.4) is 0 Å². The summed E-state index contributed by atoms with van der Waals surface area (Å²) < 4.78 is 3.23. The van der Waals surface area contributed by atoms with Crippen LogP contribution in [-0.4, -0.2) is 5.91 Å². The van der Waals surface area contributed by atoms with Gasteiger partial charge in [0.1, 0.15) is 4.88 Å². The zero-order valence-corrected chi connectivity index (χ0v) is 15.3.